The molecule has 1 atom stereocenters. The van der Waals surface area contributed by atoms with Crippen molar-refractivity contribution in [3.8, 4) is 0 Å². The summed E-state index contributed by atoms with van der Waals surface area (Å²) in [5.41, 5.74) is 1.01. The van der Waals surface area contributed by atoms with E-state index in [9.17, 15) is 14.4 Å². The Labute approximate surface area is 133 Å². The number of aliphatic carboxylic acids is 1. The highest BCUT2D eigenvalue weighted by Gasteiger charge is 2.20. The van der Waals surface area contributed by atoms with Gasteiger partial charge in [0.25, 0.3) is 0 Å². The Hall–Kier alpha value is -2.95. The average molecular weight is 312 g/mol. The van der Waals surface area contributed by atoms with Gasteiger partial charge >= 0.3 is 17.9 Å². The molecule has 0 aliphatic carbocycles. The largest absolute Gasteiger partial charge is 0.481 e. The van der Waals surface area contributed by atoms with Crippen molar-refractivity contribution in [2.24, 2.45) is 5.92 Å². The van der Waals surface area contributed by atoms with Gasteiger partial charge in [0.2, 0.25) is 0 Å². The fraction of sp³-hybridized carbons (Fsp3) is 0.167. The number of ether oxygens (including phenoxy) is 1. The summed E-state index contributed by atoms with van der Waals surface area (Å²) >= 11 is 0. The lowest BCUT2D eigenvalue weighted by atomic mass is 9.97. The molecule has 0 bridgehead atoms. The Balaban J connectivity index is 2.16. The van der Waals surface area contributed by atoms with Crippen molar-refractivity contribution in [2.75, 3.05) is 0 Å². The maximum atomic E-state index is 12.2. The van der Waals surface area contributed by atoms with Gasteiger partial charge in [-0.2, -0.15) is 0 Å². The van der Waals surface area contributed by atoms with E-state index in [4.69, 9.17) is 9.84 Å². The van der Waals surface area contributed by atoms with E-state index in [1.54, 1.807) is 55.5 Å². The highest BCUT2D eigenvalue weighted by atomic mass is 16.6. The summed E-state index contributed by atoms with van der Waals surface area (Å²) in [5.74, 6) is -3.12. The number of carboxylic acids is 1. The highest BCUT2D eigenvalue weighted by Crippen LogP contribution is 2.16. The van der Waals surface area contributed by atoms with E-state index in [0.29, 0.717) is 5.56 Å². The first-order valence-electron chi connectivity index (χ1n) is 7.11. The quantitative estimate of drug-likeness (QED) is 0.678. The van der Waals surface area contributed by atoms with Crippen molar-refractivity contribution in [2.45, 2.75) is 13.3 Å². The van der Waals surface area contributed by atoms with Crippen LogP contribution in [0.3, 0.4) is 0 Å². The molecule has 5 heteroatoms. The summed E-state index contributed by atoms with van der Waals surface area (Å²) in [7, 11) is 0. The molecule has 0 aliphatic heterocycles. The maximum absolute atomic E-state index is 12.2. The summed E-state index contributed by atoms with van der Waals surface area (Å²) in [6.45, 7) is 1.56. The molecule has 0 aliphatic rings. The van der Waals surface area contributed by atoms with Crippen molar-refractivity contribution < 1.29 is 24.2 Å². The van der Waals surface area contributed by atoms with Crippen LogP contribution in [0.1, 0.15) is 33.2 Å². The Morgan fingerprint density at radius 2 is 1.57 bits per heavy atom. The standard InChI is InChI=1S/C18H16O5/c1-12(16(19)20)11-14-9-5-6-10-15(14)18(22)23-17(21)13-7-3-2-4-8-13/h2-10,12H,11H2,1H3,(H,19,20). The Morgan fingerprint density at radius 1 is 0.957 bits per heavy atom. The summed E-state index contributed by atoms with van der Waals surface area (Å²) in [5, 5.41) is 9.00. The van der Waals surface area contributed by atoms with Crippen LogP contribution in [0, 0.1) is 5.92 Å². The van der Waals surface area contributed by atoms with Crippen molar-refractivity contribution in [1.29, 1.82) is 0 Å². The van der Waals surface area contributed by atoms with Crippen LogP contribution >= 0.6 is 0 Å². The van der Waals surface area contributed by atoms with E-state index in [1.165, 1.54) is 6.07 Å². The van der Waals surface area contributed by atoms with Gasteiger partial charge in [0.1, 0.15) is 0 Å². The molecule has 0 spiro atoms. The molecule has 118 valence electrons. The number of hydrogen-bond acceptors (Lipinski definition) is 4. The predicted octanol–water partition coefficient (Wildman–Crippen LogP) is 2.95. The van der Waals surface area contributed by atoms with Gasteiger partial charge in [0.15, 0.2) is 0 Å². The van der Waals surface area contributed by atoms with Gasteiger partial charge in [-0.25, -0.2) is 9.59 Å². The van der Waals surface area contributed by atoms with Gasteiger partial charge in [-0.1, -0.05) is 43.3 Å². The first-order valence-corrected chi connectivity index (χ1v) is 7.11. The Kier molecular flexibility index (Phi) is 5.25. The van der Waals surface area contributed by atoms with E-state index in [0.717, 1.165) is 0 Å². The zero-order valence-corrected chi connectivity index (χ0v) is 12.6. The van der Waals surface area contributed by atoms with Crippen LogP contribution in [0.5, 0.6) is 0 Å². The maximum Gasteiger partial charge on any atom is 0.346 e. The van der Waals surface area contributed by atoms with E-state index in [-0.39, 0.29) is 17.5 Å². The normalized spacial score (nSPS) is 11.5. The molecule has 0 amide bonds. The summed E-state index contributed by atoms with van der Waals surface area (Å²) in [4.78, 5) is 35.1. The van der Waals surface area contributed by atoms with Gasteiger partial charge in [0.05, 0.1) is 17.0 Å². The van der Waals surface area contributed by atoms with Crippen molar-refractivity contribution >= 4 is 17.9 Å². The molecule has 0 fully saturated rings. The van der Waals surface area contributed by atoms with E-state index >= 15 is 0 Å². The van der Waals surface area contributed by atoms with Gasteiger partial charge in [0, 0.05) is 0 Å². The average Bonchev–Trinajstić information content (AvgIpc) is 2.55. The zero-order chi connectivity index (χ0) is 16.8. The summed E-state index contributed by atoms with van der Waals surface area (Å²) < 4.78 is 4.88. The highest BCUT2D eigenvalue weighted by molar-refractivity contribution is 6.03. The van der Waals surface area contributed by atoms with Crippen molar-refractivity contribution in [1.82, 2.24) is 0 Å². The van der Waals surface area contributed by atoms with Gasteiger partial charge < -0.3 is 9.84 Å². The lowest BCUT2D eigenvalue weighted by Crippen LogP contribution is -2.17. The SMILES string of the molecule is CC(Cc1ccccc1C(=O)OC(=O)c1ccccc1)C(=O)O. The number of esters is 2. The monoisotopic (exact) mass is 312 g/mol. The number of rotatable bonds is 5. The topological polar surface area (TPSA) is 80.7 Å². The fourth-order valence-corrected chi connectivity index (χ4v) is 2.09. The molecule has 5 nitrogen and oxygen atoms in total. The molecule has 2 rings (SSSR count). The molecule has 0 radical (unpaired) electrons. The molecule has 23 heavy (non-hydrogen) atoms. The minimum atomic E-state index is -0.950. The first-order chi connectivity index (χ1) is 11.0. The zero-order valence-electron chi connectivity index (χ0n) is 12.6. The minimum Gasteiger partial charge on any atom is -0.481 e. The molecular weight excluding hydrogens is 296 g/mol. The fourth-order valence-electron chi connectivity index (χ4n) is 2.09. The van der Waals surface area contributed by atoms with E-state index in [1.807, 2.05) is 0 Å². The lowest BCUT2D eigenvalue weighted by molar-refractivity contribution is -0.141. The number of carbonyl (C=O) groups excluding carboxylic acids is 2. The lowest BCUT2D eigenvalue weighted by Gasteiger charge is -2.11. The third-order valence-electron chi connectivity index (χ3n) is 3.38. The molecule has 0 saturated carbocycles. The third-order valence-corrected chi connectivity index (χ3v) is 3.38. The smallest absolute Gasteiger partial charge is 0.346 e. The summed E-state index contributed by atoms with van der Waals surface area (Å²) in [6, 6.07) is 14.7. The third kappa shape index (κ3) is 4.26. The molecule has 1 unspecified atom stereocenters. The van der Waals surface area contributed by atoms with Gasteiger partial charge in [-0.3, -0.25) is 4.79 Å². The van der Waals surface area contributed by atoms with Crippen molar-refractivity contribution in [3.63, 3.8) is 0 Å². The van der Waals surface area contributed by atoms with Crippen LogP contribution < -0.4 is 0 Å². The second kappa shape index (κ2) is 7.35. The van der Waals surface area contributed by atoms with E-state index in [2.05, 4.69) is 0 Å². The number of carbonyl (C=O) groups is 3. The molecule has 2 aromatic rings. The van der Waals surface area contributed by atoms with Crippen LogP contribution in [0.2, 0.25) is 0 Å². The molecule has 0 saturated heterocycles. The number of carboxylic acid groups (broad SMARTS) is 1. The second-order valence-electron chi connectivity index (χ2n) is 5.14. The molecule has 2 aromatic carbocycles. The molecule has 0 heterocycles. The van der Waals surface area contributed by atoms with E-state index < -0.39 is 23.8 Å². The van der Waals surface area contributed by atoms with Crippen LogP contribution in [0.25, 0.3) is 0 Å². The number of hydrogen-bond donors (Lipinski definition) is 1. The van der Waals surface area contributed by atoms with Crippen LogP contribution in [-0.4, -0.2) is 23.0 Å². The Morgan fingerprint density at radius 3 is 2.22 bits per heavy atom. The summed E-state index contributed by atoms with van der Waals surface area (Å²) in [6.07, 6.45) is 0.181. The molecular formula is C18H16O5. The molecule has 1 N–H and O–H groups in total. The minimum absolute atomic E-state index is 0.181. The van der Waals surface area contributed by atoms with Crippen LogP contribution in [0.4, 0.5) is 0 Å². The number of benzene rings is 2. The van der Waals surface area contributed by atoms with Crippen LogP contribution in [0.15, 0.2) is 54.6 Å². The van der Waals surface area contributed by atoms with Crippen LogP contribution in [-0.2, 0) is 16.0 Å². The van der Waals surface area contributed by atoms with Gasteiger partial charge in [-0.15, -0.1) is 0 Å². The van der Waals surface area contributed by atoms with Gasteiger partial charge in [-0.05, 0) is 30.2 Å². The molecule has 0 aromatic heterocycles. The Bertz CT molecular complexity index is 721. The predicted molar refractivity (Wildman–Crippen MR) is 83.1 cm³/mol. The second-order valence-corrected chi connectivity index (χ2v) is 5.14. The van der Waals surface area contributed by atoms with Crippen molar-refractivity contribution in [3.05, 3.63) is 71.3 Å². The first kappa shape index (κ1) is 16.4.